The van der Waals surface area contributed by atoms with Crippen molar-refractivity contribution in [3.8, 4) is 0 Å². The van der Waals surface area contributed by atoms with Gasteiger partial charge in [0.1, 0.15) is 12.7 Å². The minimum absolute atomic E-state index is 0.0546. The molecule has 0 aromatic carbocycles. The van der Waals surface area contributed by atoms with Crippen LogP contribution in [0, 0.1) is 52.3 Å². The lowest BCUT2D eigenvalue weighted by Gasteiger charge is -2.65. The topological polar surface area (TPSA) is 44.8 Å². The summed E-state index contributed by atoms with van der Waals surface area (Å²) in [5.74, 6) is 5.40. The Labute approximate surface area is 173 Å². The molecule has 158 valence electrons. The molecule has 9 aliphatic carbocycles. The predicted molar refractivity (Wildman–Crippen MR) is 105 cm³/mol. The highest BCUT2D eigenvalue weighted by atomic mass is 16.8. The number of rotatable bonds is 3. The van der Waals surface area contributed by atoms with Gasteiger partial charge < -0.3 is 14.2 Å². The molecule has 1 saturated heterocycles. The van der Waals surface area contributed by atoms with Gasteiger partial charge in [0.05, 0.1) is 12.0 Å². The van der Waals surface area contributed by atoms with Crippen LogP contribution in [0.5, 0.6) is 0 Å². The maximum Gasteiger partial charge on any atom is 0.312 e. The van der Waals surface area contributed by atoms with E-state index in [1.165, 1.54) is 51.4 Å². The Morgan fingerprint density at radius 1 is 0.862 bits per heavy atom. The first kappa shape index (κ1) is 17.0. The molecule has 0 radical (unpaired) electrons. The highest BCUT2D eigenvalue weighted by Gasteiger charge is 2.79. The fourth-order valence-corrected chi connectivity index (χ4v) is 11.0. The van der Waals surface area contributed by atoms with Crippen molar-refractivity contribution in [1.29, 1.82) is 0 Å². The van der Waals surface area contributed by atoms with Crippen molar-refractivity contribution >= 4 is 5.97 Å². The number of hydrogen-bond donors (Lipinski definition) is 0. The second-order valence-corrected chi connectivity index (χ2v) is 12.7. The van der Waals surface area contributed by atoms with Gasteiger partial charge in [-0.3, -0.25) is 4.79 Å². The van der Waals surface area contributed by atoms with Gasteiger partial charge in [0.25, 0.3) is 0 Å². The summed E-state index contributed by atoms with van der Waals surface area (Å²) >= 11 is 0. The molecule has 10 aliphatic rings. The summed E-state index contributed by atoms with van der Waals surface area (Å²) in [5, 5.41) is 0. The van der Waals surface area contributed by atoms with Crippen LogP contribution in [0.3, 0.4) is 0 Å². The van der Waals surface area contributed by atoms with Gasteiger partial charge >= 0.3 is 5.97 Å². The number of carbonyl (C=O) groups excluding carboxylic acids is 1. The van der Waals surface area contributed by atoms with Gasteiger partial charge in [-0.25, -0.2) is 0 Å². The summed E-state index contributed by atoms with van der Waals surface area (Å²) in [7, 11) is 0. The molecule has 1 aliphatic heterocycles. The lowest BCUT2D eigenvalue weighted by molar-refractivity contribution is -0.327. The SMILES string of the molecule is O=C(OCC1COC2(O1)C1CC3CC4CC2(C3)C4C1)C12CC3CC(CC(C3)C1)C2. The second kappa shape index (κ2) is 5.23. The fourth-order valence-electron chi connectivity index (χ4n) is 11.0. The van der Waals surface area contributed by atoms with Crippen molar-refractivity contribution < 1.29 is 19.0 Å². The van der Waals surface area contributed by atoms with Gasteiger partial charge in [0.2, 0.25) is 0 Å². The highest BCUT2D eigenvalue weighted by Crippen LogP contribution is 2.79. The summed E-state index contributed by atoms with van der Waals surface area (Å²) in [6, 6.07) is 0. The van der Waals surface area contributed by atoms with Gasteiger partial charge in [-0.15, -0.1) is 0 Å². The third-order valence-corrected chi connectivity index (χ3v) is 11.3. The molecule has 0 N–H and O–H groups in total. The zero-order valence-corrected chi connectivity index (χ0v) is 17.4. The minimum Gasteiger partial charge on any atom is -0.462 e. The van der Waals surface area contributed by atoms with E-state index >= 15 is 0 Å². The van der Waals surface area contributed by atoms with Crippen LogP contribution in [0.4, 0.5) is 0 Å². The number of carbonyl (C=O) groups is 1. The lowest BCUT2D eigenvalue weighted by Crippen LogP contribution is -2.65. The van der Waals surface area contributed by atoms with E-state index in [2.05, 4.69) is 0 Å². The van der Waals surface area contributed by atoms with Crippen LogP contribution in [0.2, 0.25) is 0 Å². The first-order valence-corrected chi connectivity index (χ1v) is 12.6. The molecule has 4 nitrogen and oxygen atoms in total. The quantitative estimate of drug-likeness (QED) is 0.665. The van der Waals surface area contributed by atoms with E-state index in [-0.39, 0.29) is 23.3 Å². The maximum absolute atomic E-state index is 13.2. The predicted octanol–water partition coefficient (Wildman–Crippen LogP) is 4.31. The van der Waals surface area contributed by atoms with Crippen LogP contribution < -0.4 is 0 Å². The van der Waals surface area contributed by atoms with Crippen LogP contribution in [-0.2, 0) is 19.0 Å². The molecule has 4 heteroatoms. The average Bonchev–Trinajstić information content (AvgIpc) is 3.10. The van der Waals surface area contributed by atoms with Crippen molar-refractivity contribution in [2.45, 2.75) is 82.5 Å². The van der Waals surface area contributed by atoms with Gasteiger partial charge in [-0.05, 0) is 106 Å². The maximum atomic E-state index is 13.2. The molecule has 9 saturated carbocycles. The first-order valence-electron chi connectivity index (χ1n) is 12.6. The molecule has 7 atom stereocenters. The molecule has 0 amide bonds. The molecule has 29 heavy (non-hydrogen) atoms. The third kappa shape index (κ3) is 1.94. The molecule has 8 bridgehead atoms. The zero-order chi connectivity index (χ0) is 19.0. The molecule has 2 spiro atoms. The van der Waals surface area contributed by atoms with E-state index < -0.39 is 0 Å². The van der Waals surface area contributed by atoms with Crippen LogP contribution in [-0.4, -0.2) is 31.1 Å². The molecular formula is C25H34O4. The van der Waals surface area contributed by atoms with Crippen molar-refractivity contribution in [2.24, 2.45) is 52.3 Å². The van der Waals surface area contributed by atoms with Crippen molar-refractivity contribution in [3.05, 3.63) is 0 Å². The number of esters is 1. The summed E-state index contributed by atoms with van der Waals surface area (Å²) in [6.07, 6.45) is 14.0. The van der Waals surface area contributed by atoms with E-state index in [0.717, 1.165) is 54.8 Å². The third-order valence-electron chi connectivity index (χ3n) is 11.3. The van der Waals surface area contributed by atoms with Crippen molar-refractivity contribution in [3.63, 3.8) is 0 Å². The smallest absolute Gasteiger partial charge is 0.312 e. The Hall–Kier alpha value is -0.610. The van der Waals surface area contributed by atoms with E-state index in [1.807, 2.05) is 0 Å². The minimum atomic E-state index is -0.331. The Morgan fingerprint density at radius 3 is 2.34 bits per heavy atom. The summed E-state index contributed by atoms with van der Waals surface area (Å²) in [5.41, 5.74) is 0.150. The van der Waals surface area contributed by atoms with Crippen molar-refractivity contribution in [2.75, 3.05) is 13.2 Å². The summed E-state index contributed by atoms with van der Waals surface area (Å²) in [6.45, 7) is 1.02. The number of ether oxygens (including phenoxy) is 3. The fraction of sp³-hybridized carbons (Fsp3) is 0.960. The van der Waals surface area contributed by atoms with Crippen LogP contribution in [0.15, 0.2) is 0 Å². The van der Waals surface area contributed by atoms with Crippen molar-refractivity contribution in [1.82, 2.24) is 0 Å². The largest absolute Gasteiger partial charge is 0.462 e. The van der Waals surface area contributed by atoms with E-state index in [9.17, 15) is 4.79 Å². The van der Waals surface area contributed by atoms with Gasteiger partial charge in [0, 0.05) is 11.3 Å². The molecular weight excluding hydrogens is 364 g/mol. The van der Waals surface area contributed by atoms with Crippen LogP contribution in [0.1, 0.15) is 70.6 Å². The summed E-state index contributed by atoms with van der Waals surface area (Å²) < 4.78 is 19.3. The van der Waals surface area contributed by atoms with E-state index in [0.29, 0.717) is 24.5 Å². The molecule has 1 heterocycles. The zero-order valence-electron chi connectivity index (χ0n) is 17.4. The van der Waals surface area contributed by atoms with Gasteiger partial charge in [0.15, 0.2) is 5.79 Å². The normalized spacial score (nSPS) is 62.6. The van der Waals surface area contributed by atoms with E-state index in [4.69, 9.17) is 14.2 Å². The first-order chi connectivity index (χ1) is 14.1. The molecule has 7 unspecified atom stereocenters. The average molecular weight is 399 g/mol. The molecule has 0 aromatic rings. The molecule has 10 rings (SSSR count). The van der Waals surface area contributed by atoms with Crippen LogP contribution in [0.25, 0.3) is 0 Å². The van der Waals surface area contributed by atoms with E-state index in [1.54, 1.807) is 0 Å². The Kier molecular flexibility index (Phi) is 3.07. The molecule has 10 fully saturated rings. The Morgan fingerprint density at radius 2 is 1.59 bits per heavy atom. The Bertz CT molecular complexity index is 740. The standard InChI is InChI=1S/C25H34O4/c26-22(23-7-14-1-15(8-23)3-16(2-14)9-23)27-12-20-13-28-25(29-20)19-5-17-4-18-11-24(25,10-17)21(18)6-19/h14-21H,1-13H2. The monoisotopic (exact) mass is 398 g/mol. The van der Waals surface area contributed by atoms with Gasteiger partial charge in [-0.1, -0.05) is 0 Å². The highest BCUT2D eigenvalue weighted by molar-refractivity contribution is 5.77. The Balaban J connectivity index is 0.973. The lowest BCUT2D eigenvalue weighted by atomic mass is 9.43. The molecule has 0 aromatic heterocycles. The summed E-state index contributed by atoms with van der Waals surface area (Å²) in [4.78, 5) is 13.2. The second-order valence-electron chi connectivity index (χ2n) is 12.7. The van der Waals surface area contributed by atoms with Gasteiger partial charge in [-0.2, -0.15) is 0 Å². The number of hydrogen-bond acceptors (Lipinski definition) is 4. The van der Waals surface area contributed by atoms with Crippen LogP contribution >= 0.6 is 0 Å².